The molecule has 0 saturated heterocycles. The van der Waals surface area contributed by atoms with Gasteiger partial charge in [-0.1, -0.05) is 6.92 Å². The number of esters is 1. The summed E-state index contributed by atoms with van der Waals surface area (Å²) in [7, 11) is 0. The molecule has 0 fully saturated rings. The summed E-state index contributed by atoms with van der Waals surface area (Å²) in [5.41, 5.74) is 1.49. The Morgan fingerprint density at radius 1 is 1.14 bits per heavy atom. The monoisotopic (exact) mass is 287 g/mol. The lowest BCUT2D eigenvalue weighted by Crippen LogP contribution is -2.11. The van der Waals surface area contributed by atoms with Crippen molar-refractivity contribution >= 4 is 11.7 Å². The highest BCUT2D eigenvalue weighted by Crippen LogP contribution is 2.14. The lowest BCUT2D eigenvalue weighted by molar-refractivity contribution is 0.0378. The van der Waals surface area contributed by atoms with E-state index < -0.39 is 0 Å². The molecule has 0 aliphatic carbocycles. The highest BCUT2D eigenvalue weighted by molar-refractivity contribution is 5.89. The Bertz CT molecular complexity index is 584. The van der Waals surface area contributed by atoms with E-state index in [1.807, 2.05) is 38.1 Å². The van der Waals surface area contributed by atoms with Crippen molar-refractivity contribution in [3.63, 3.8) is 0 Å². The lowest BCUT2D eigenvalue weighted by atomic mass is 10.2. The second kappa shape index (κ2) is 6.97. The zero-order chi connectivity index (χ0) is 15.2. The smallest absolute Gasteiger partial charge is 0.338 e. The van der Waals surface area contributed by atoms with Crippen molar-refractivity contribution in [1.29, 1.82) is 0 Å². The van der Waals surface area contributed by atoms with Gasteiger partial charge in [0, 0.05) is 12.1 Å². The van der Waals surface area contributed by atoms with E-state index in [4.69, 9.17) is 9.15 Å². The number of carbonyl (C=O) groups is 1. The molecule has 0 amide bonds. The van der Waals surface area contributed by atoms with Crippen LogP contribution in [-0.2, 0) is 17.7 Å². The summed E-state index contributed by atoms with van der Waals surface area (Å²) < 4.78 is 10.8. The largest absolute Gasteiger partial charge is 0.464 e. The van der Waals surface area contributed by atoms with Crippen molar-refractivity contribution in [3.8, 4) is 0 Å². The molecule has 1 heterocycles. The van der Waals surface area contributed by atoms with Gasteiger partial charge in [-0.3, -0.25) is 0 Å². The van der Waals surface area contributed by atoms with E-state index in [9.17, 15) is 4.79 Å². The van der Waals surface area contributed by atoms with Crippen molar-refractivity contribution in [2.45, 2.75) is 39.8 Å². The normalized spacial score (nSPS) is 10.7. The predicted molar refractivity (Wildman–Crippen MR) is 82.4 cm³/mol. The third kappa shape index (κ3) is 4.38. The molecule has 0 aliphatic heterocycles. The standard InChI is InChI=1S/C17H21NO3/c1-4-15-9-10-16(21-15)11-18-14-7-5-13(6-8-14)17(19)20-12(2)3/h5-10,12,18H,4,11H2,1-3H3. The van der Waals surface area contributed by atoms with Crippen LogP contribution < -0.4 is 5.32 Å². The maximum Gasteiger partial charge on any atom is 0.338 e. The summed E-state index contributed by atoms with van der Waals surface area (Å²) in [5, 5.41) is 3.26. The molecular formula is C17H21NO3. The quantitative estimate of drug-likeness (QED) is 0.815. The van der Waals surface area contributed by atoms with E-state index >= 15 is 0 Å². The molecule has 1 aromatic carbocycles. The van der Waals surface area contributed by atoms with E-state index in [0.717, 1.165) is 23.6 Å². The summed E-state index contributed by atoms with van der Waals surface area (Å²) in [5.74, 6) is 1.59. The van der Waals surface area contributed by atoms with Gasteiger partial charge >= 0.3 is 5.97 Å². The van der Waals surface area contributed by atoms with Crippen LogP contribution in [0, 0.1) is 0 Å². The number of carbonyl (C=O) groups excluding carboxylic acids is 1. The van der Waals surface area contributed by atoms with Crippen LogP contribution in [0.15, 0.2) is 40.8 Å². The average Bonchev–Trinajstić information content (AvgIpc) is 2.93. The molecule has 0 radical (unpaired) electrons. The van der Waals surface area contributed by atoms with Crippen LogP contribution in [0.5, 0.6) is 0 Å². The second-order valence-corrected chi connectivity index (χ2v) is 5.11. The molecule has 2 aromatic rings. The number of benzene rings is 1. The van der Waals surface area contributed by atoms with Crippen LogP contribution in [-0.4, -0.2) is 12.1 Å². The summed E-state index contributed by atoms with van der Waals surface area (Å²) in [4.78, 5) is 11.7. The van der Waals surface area contributed by atoms with Crippen molar-refractivity contribution < 1.29 is 13.9 Å². The first-order valence-corrected chi connectivity index (χ1v) is 7.21. The molecule has 21 heavy (non-hydrogen) atoms. The van der Waals surface area contributed by atoms with Gasteiger partial charge in [-0.15, -0.1) is 0 Å². The topological polar surface area (TPSA) is 51.5 Å². The molecule has 0 spiro atoms. The molecule has 0 atom stereocenters. The Morgan fingerprint density at radius 2 is 1.81 bits per heavy atom. The van der Waals surface area contributed by atoms with E-state index in [2.05, 4.69) is 12.2 Å². The zero-order valence-corrected chi connectivity index (χ0v) is 12.7. The van der Waals surface area contributed by atoms with Gasteiger partial charge in [0.05, 0.1) is 18.2 Å². The molecule has 1 aromatic heterocycles. The van der Waals surface area contributed by atoms with Gasteiger partial charge in [0.25, 0.3) is 0 Å². The highest BCUT2D eigenvalue weighted by atomic mass is 16.5. The van der Waals surface area contributed by atoms with Gasteiger partial charge < -0.3 is 14.5 Å². The molecule has 0 bridgehead atoms. The lowest BCUT2D eigenvalue weighted by Gasteiger charge is -2.09. The SMILES string of the molecule is CCc1ccc(CNc2ccc(C(=O)OC(C)C)cc2)o1. The molecule has 0 unspecified atom stereocenters. The van der Waals surface area contributed by atoms with Crippen molar-refractivity contribution in [1.82, 2.24) is 0 Å². The third-order valence-electron chi connectivity index (χ3n) is 3.00. The van der Waals surface area contributed by atoms with E-state index in [0.29, 0.717) is 12.1 Å². The minimum atomic E-state index is -0.296. The fraction of sp³-hybridized carbons (Fsp3) is 0.353. The van der Waals surface area contributed by atoms with Crippen LogP contribution in [0.3, 0.4) is 0 Å². The van der Waals surface area contributed by atoms with Crippen molar-refractivity contribution in [3.05, 3.63) is 53.5 Å². The third-order valence-corrected chi connectivity index (χ3v) is 3.00. The molecule has 4 heteroatoms. The Morgan fingerprint density at radius 3 is 2.38 bits per heavy atom. The molecule has 112 valence electrons. The molecule has 1 N–H and O–H groups in total. The van der Waals surface area contributed by atoms with Gasteiger partial charge in [0.1, 0.15) is 11.5 Å². The minimum Gasteiger partial charge on any atom is -0.464 e. The molecule has 0 saturated carbocycles. The van der Waals surface area contributed by atoms with Crippen molar-refractivity contribution in [2.75, 3.05) is 5.32 Å². The van der Waals surface area contributed by atoms with Crippen LogP contribution in [0.4, 0.5) is 5.69 Å². The summed E-state index contributed by atoms with van der Waals surface area (Å²) in [6.07, 6.45) is 0.786. The van der Waals surface area contributed by atoms with Crippen LogP contribution in [0.2, 0.25) is 0 Å². The first kappa shape index (κ1) is 15.2. The summed E-state index contributed by atoms with van der Waals surface area (Å²) in [6.45, 7) is 6.35. The van der Waals surface area contributed by atoms with Gasteiger partial charge in [-0.25, -0.2) is 4.79 Å². The highest BCUT2D eigenvalue weighted by Gasteiger charge is 2.08. The maximum absolute atomic E-state index is 11.7. The van der Waals surface area contributed by atoms with E-state index in [1.54, 1.807) is 12.1 Å². The number of rotatable bonds is 6. The number of hydrogen-bond acceptors (Lipinski definition) is 4. The number of ether oxygens (including phenoxy) is 1. The van der Waals surface area contributed by atoms with Crippen molar-refractivity contribution in [2.24, 2.45) is 0 Å². The van der Waals surface area contributed by atoms with Crippen LogP contribution >= 0.6 is 0 Å². The molecule has 2 rings (SSSR count). The first-order chi connectivity index (χ1) is 10.1. The number of furan rings is 1. The number of nitrogens with one attached hydrogen (secondary N) is 1. The second-order valence-electron chi connectivity index (χ2n) is 5.11. The Hall–Kier alpha value is -2.23. The molecular weight excluding hydrogens is 266 g/mol. The van der Waals surface area contributed by atoms with Gasteiger partial charge in [-0.2, -0.15) is 0 Å². The number of anilines is 1. The maximum atomic E-state index is 11.7. The molecule has 0 aliphatic rings. The van der Waals surface area contributed by atoms with Crippen LogP contribution in [0.1, 0.15) is 42.6 Å². The Balaban J connectivity index is 1.91. The fourth-order valence-electron chi connectivity index (χ4n) is 1.90. The van der Waals surface area contributed by atoms with Gasteiger partial charge in [-0.05, 0) is 50.2 Å². The average molecular weight is 287 g/mol. The minimum absolute atomic E-state index is 0.109. The van der Waals surface area contributed by atoms with Gasteiger partial charge in [0.2, 0.25) is 0 Å². The number of hydrogen-bond donors (Lipinski definition) is 1. The van der Waals surface area contributed by atoms with E-state index in [-0.39, 0.29) is 12.1 Å². The Kier molecular flexibility index (Phi) is 5.04. The fourth-order valence-corrected chi connectivity index (χ4v) is 1.90. The van der Waals surface area contributed by atoms with Gasteiger partial charge in [0.15, 0.2) is 0 Å². The van der Waals surface area contributed by atoms with Crippen LogP contribution in [0.25, 0.3) is 0 Å². The van der Waals surface area contributed by atoms with E-state index in [1.165, 1.54) is 0 Å². The predicted octanol–water partition coefficient (Wildman–Crippen LogP) is 4.02. The Labute approximate surface area is 125 Å². The zero-order valence-electron chi connectivity index (χ0n) is 12.7. The number of aryl methyl sites for hydroxylation is 1. The first-order valence-electron chi connectivity index (χ1n) is 7.21. The summed E-state index contributed by atoms with van der Waals surface area (Å²) in [6, 6.07) is 11.2. The molecule has 4 nitrogen and oxygen atoms in total. The summed E-state index contributed by atoms with van der Waals surface area (Å²) >= 11 is 0.